The van der Waals surface area contributed by atoms with Gasteiger partial charge in [0.1, 0.15) is 5.75 Å². The Hall–Kier alpha value is -2.88. The van der Waals surface area contributed by atoms with Gasteiger partial charge in [0.25, 0.3) is 5.91 Å². The molecule has 0 saturated heterocycles. The maximum atomic E-state index is 13.1. The van der Waals surface area contributed by atoms with E-state index in [-0.39, 0.29) is 12.0 Å². The lowest BCUT2D eigenvalue weighted by Crippen LogP contribution is -2.37. The van der Waals surface area contributed by atoms with Crippen LogP contribution < -0.4 is 9.64 Å². The minimum Gasteiger partial charge on any atom is -0.491 e. The number of pyridine rings is 1. The zero-order valence-electron chi connectivity index (χ0n) is 15.3. The minimum atomic E-state index is 0.0261. The van der Waals surface area contributed by atoms with Crippen LogP contribution in [0.3, 0.4) is 0 Å². The Kier molecular flexibility index (Phi) is 4.11. The van der Waals surface area contributed by atoms with E-state index in [1.54, 1.807) is 0 Å². The molecule has 26 heavy (non-hydrogen) atoms. The molecule has 4 rings (SSSR count). The largest absolute Gasteiger partial charge is 0.491 e. The van der Waals surface area contributed by atoms with Crippen molar-refractivity contribution < 1.29 is 9.53 Å². The van der Waals surface area contributed by atoms with Crippen LogP contribution in [0, 0.1) is 6.92 Å². The molecule has 0 spiro atoms. The normalized spacial score (nSPS) is 14.0. The highest BCUT2D eigenvalue weighted by Crippen LogP contribution is 2.31. The number of para-hydroxylation sites is 1. The summed E-state index contributed by atoms with van der Waals surface area (Å²) < 4.78 is 5.76. The molecule has 1 aliphatic heterocycles. The van der Waals surface area contributed by atoms with E-state index in [0.717, 1.165) is 45.6 Å². The first-order valence-corrected chi connectivity index (χ1v) is 9.01. The summed E-state index contributed by atoms with van der Waals surface area (Å²) in [6.07, 6.45) is 0.923. The fraction of sp³-hybridized carbons (Fsp3) is 0.273. The predicted molar refractivity (Wildman–Crippen MR) is 104 cm³/mol. The van der Waals surface area contributed by atoms with Gasteiger partial charge in [-0.05, 0) is 63.1 Å². The Labute approximate surface area is 153 Å². The van der Waals surface area contributed by atoms with Gasteiger partial charge in [-0.1, -0.05) is 18.2 Å². The van der Waals surface area contributed by atoms with E-state index in [0.29, 0.717) is 6.54 Å². The molecule has 2 aromatic carbocycles. The van der Waals surface area contributed by atoms with Crippen molar-refractivity contribution in [2.24, 2.45) is 0 Å². The Morgan fingerprint density at radius 1 is 1.12 bits per heavy atom. The third-order valence-corrected chi connectivity index (χ3v) is 4.66. The van der Waals surface area contributed by atoms with Crippen molar-refractivity contribution in [3.8, 4) is 5.75 Å². The molecule has 0 radical (unpaired) electrons. The van der Waals surface area contributed by atoms with Crippen LogP contribution in [-0.4, -0.2) is 23.5 Å². The first-order valence-electron chi connectivity index (χ1n) is 9.01. The highest BCUT2D eigenvalue weighted by atomic mass is 16.5. The molecule has 2 heterocycles. The number of carbonyl (C=O) groups excluding carboxylic acids is 1. The zero-order chi connectivity index (χ0) is 18.3. The third-order valence-electron chi connectivity index (χ3n) is 4.66. The highest BCUT2D eigenvalue weighted by molar-refractivity contribution is 6.11. The van der Waals surface area contributed by atoms with Crippen LogP contribution in [0.1, 0.15) is 35.5 Å². The molecule has 132 valence electrons. The van der Waals surface area contributed by atoms with E-state index in [1.165, 1.54) is 0 Å². The number of aromatic nitrogens is 1. The van der Waals surface area contributed by atoms with E-state index in [4.69, 9.17) is 4.74 Å². The molecule has 1 aromatic heterocycles. The average molecular weight is 346 g/mol. The Balaban J connectivity index is 1.73. The number of carbonyl (C=O) groups is 1. The molecule has 0 bridgehead atoms. The molecule has 1 amide bonds. The van der Waals surface area contributed by atoms with Gasteiger partial charge in [0, 0.05) is 23.2 Å². The summed E-state index contributed by atoms with van der Waals surface area (Å²) in [5.41, 5.74) is 4.50. The van der Waals surface area contributed by atoms with Gasteiger partial charge in [-0.3, -0.25) is 9.78 Å². The van der Waals surface area contributed by atoms with Gasteiger partial charge >= 0.3 is 0 Å². The molecule has 0 saturated carbocycles. The van der Waals surface area contributed by atoms with Crippen molar-refractivity contribution in [1.29, 1.82) is 0 Å². The van der Waals surface area contributed by atoms with Crippen LogP contribution in [0.25, 0.3) is 10.9 Å². The third kappa shape index (κ3) is 2.92. The summed E-state index contributed by atoms with van der Waals surface area (Å²) in [5, 5.41) is 1.05. The van der Waals surface area contributed by atoms with Crippen molar-refractivity contribution in [2.75, 3.05) is 11.4 Å². The molecule has 1 aliphatic rings. The van der Waals surface area contributed by atoms with E-state index in [9.17, 15) is 4.79 Å². The highest BCUT2D eigenvalue weighted by Gasteiger charge is 2.27. The van der Waals surface area contributed by atoms with Crippen molar-refractivity contribution in [1.82, 2.24) is 4.98 Å². The molecular weight excluding hydrogens is 324 g/mol. The second-order valence-corrected chi connectivity index (χ2v) is 6.99. The number of aryl methyl sites for hydroxylation is 1. The Morgan fingerprint density at radius 2 is 1.96 bits per heavy atom. The molecule has 4 nitrogen and oxygen atoms in total. The SMILES string of the molecule is Cc1ccc2cccc(N3CCc4cc(OC(C)C)ccc4C3=O)c2n1. The van der Waals surface area contributed by atoms with Crippen molar-refractivity contribution in [3.63, 3.8) is 0 Å². The van der Waals surface area contributed by atoms with Gasteiger partial charge in [-0.15, -0.1) is 0 Å². The smallest absolute Gasteiger partial charge is 0.258 e. The lowest BCUT2D eigenvalue weighted by atomic mass is 9.97. The van der Waals surface area contributed by atoms with Crippen LogP contribution in [0.5, 0.6) is 5.75 Å². The first kappa shape index (κ1) is 16.6. The van der Waals surface area contributed by atoms with E-state index in [1.807, 2.05) is 68.1 Å². The fourth-order valence-corrected chi connectivity index (χ4v) is 3.49. The number of nitrogens with zero attached hydrogens (tertiary/aromatic N) is 2. The number of hydrogen-bond donors (Lipinski definition) is 0. The number of ether oxygens (including phenoxy) is 1. The number of hydrogen-bond acceptors (Lipinski definition) is 3. The molecular formula is C22H22N2O2. The molecule has 4 heteroatoms. The summed E-state index contributed by atoms with van der Waals surface area (Å²) in [6, 6.07) is 15.8. The predicted octanol–water partition coefficient (Wildman–Crippen LogP) is 4.53. The summed E-state index contributed by atoms with van der Waals surface area (Å²) in [4.78, 5) is 19.7. The average Bonchev–Trinajstić information content (AvgIpc) is 2.61. The minimum absolute atomic E-state index is 0.0261. The topological polar surface area (TPSA) is 42.4 Å². The van der Waals surface area contributed by atoms with E-state index < -0.39 is 0 Å². The molecule has 0 aliphatic carbocycles. The summed E-state index contributed by atoms with van der Waals surface area (Å²) in [6.45, 7) is 6.62. The fourth-order valence-electron chi connectivity index (χ4n) is 3.49. The summed E-state index contributed by atoms with van der Waals surface area (Å²) >= 11 is 0. The summed E-state index contributed by atoms with van der Waals surface area (Å²) in [5.74, 6) is 0.848. The van der Waals surface area contributed by atoms with E-state index >= 15 is 0 Å². The standard InChI is InChI=1S/C22H22N2O2/c1-14(2)26-18-9-10-19-17(13-18)11-12-24(22(19)25)20-6-4-5-16-8-7-15(3)23-21(16)20/h4-10,13-14H,11-12H2,1-3H3. The van der Waals surface area contributed by atoms with Crippen molar-refractivity contribution in [3.05, 3.63) is 65.4 Å². The second-order valence-electron chi connectivity index (χ2n) is 6.99. The van der Waals surface area contributed by atoms with Crippen molar-refractivity contribution >= 4 is 22.5 Å². The molecule has 0 N–H and O–H groups in total. The van der Waals surface area contributed by atoms with E-state index in [2.05, 4.69) is 11.1 Å². The maximum absolute atomic E-state index is 13.1. The maximum Gasteiger partial charge on any atom is 0.258 e. The van der Waals surface area contributed by atoms with Crippen molar-refractivity contribution in [2.45, 2.75) is 33.3 Å². The van der Waals surface area contributed by atoms with Crippen LogP contribution in [0.4, 0.5) is 5.69 Å². The number of fused-ring (bicyclic) bond motifs is 2. The van der Waals surface area contributed by atoms with Gasteiger partial charge in [0.05, 0.1) is 17.3 Å². The lowest BCUT2D eigenvalue weighted by molar-refractivity contribution is 0.0981. The van der Waals surface area contributed by atoms with Crippen LogP contribution in [0.2, 0.25) is 0 Å². The second kappa shape index (κ2) is 6.45. The molecule has 0 unspecified atom stereocenters. The first-order chi connectivity index (χ1) is 12.5. The van der Waals surface area contributed by atoms with Crippen LogP contribution in [-0.2, 0) is 6.42 Å². The van der Waals surface area contributed by atoms with Gasteiger partial charge in [-0.2, -0.15) is 0 Å². The van der Waals surface area contributed by atoms with Crippen LogP contribution >= 0.6 is 0 Å². The zero-order valence-corrected chi connectivity index (χ0v) is 15.3. The molecule has 0 atom stereocenters. The van der Waals surface area contributed by atoms with Gasteiger partial charge in [0.2, 0.25) is 0 Å². The molecule has 3 aromatic rings. The number of benzene rings is 2. The van der Waals surface area contributed by atoms with Gasteiger partial charge < -0.3 is 9.64 Å². The Morgan fingerprint density at radius 3 is 2.77 bits per heavy atom. The lowest BCUT2D eigenvalue weighted by Gasteiger charge is -2.29. The van der Waals surface area contributed by atoms with Crippen LogP contribution in [0.15, 0.2) is 48.5 Å². The Bertz CT molecular complexity index is 995. The number of anilines is 1. The number of amides is 1. The quantitative estimate of drug-likeness (QED) is 0.699. The summed E-state index contributed by atoms with van der Waals surface area (Å²) in [7, 11) is 0. The van der Waals surface area contributed by atoms with Gasteiger partial charge in [0.15, 0.2) is 0 Å². The molecule has 0 fully saturated rings. The van der Waals surface area contributed by atoms with Gasteiger partial charge in [-0.25, -0.2) is 0 Å². The monoisotopic (exact) mass is 346 g/mol. The number of rotatable bonds is 3.